The number of nitrogens with zero attached hydrogens (tertiary/aromatic N) is 2. The van der Waals surface area contributed by atoms with Gasteiger partial charge in [0.2, 0.25) is 0 Å². The molecule has 5 nitrogen and oxygen atoms in total. The Morgan fingerprint density at radius 1 is 1.19 bits per heavy atom. The summed E-state index contributed by atoms with van der Waals surface area (Å²) in [6.07, 6.45) is 4.06. The van der Waals surface area contributed by atoms with Gasteiger partial charge in [-0.25, -0.2) is 4.68 Å². The van der Waals surface area contributed by atoms with Crippen LogP contribution in [0, 0.1) is 12.3 Å². The molecule has 2 aromatic heterocycles. The molecule has 1 unspecified atom stereocenters. The van der Waals surface area contributed by atoms with E-state index >= 15 is 0 Å². The van der Waals surface area contributed by atoms with Gasteiger partial charge in [0.1, 0.15) is 18.1 Å². The smallest absolute Gasteiger partial charge is 0.129 e. The Hall–Kier alpha value is -2.37. The molecule has 1 aliphatic carbocycles. The van der Waals surface area contributed by atoms with Gasteiger partial charge in [-0.05, 0) is 49.4 Å². The van der Waals surface area contributed by atoms with Crippen molar-refractivity contribution in [2.24, 2.45) is 5.41 Å². The van der Waals surface area contributed by atoms with Crippen LogP contribution in [-0.2, 0) is 19.6 Å². The van der Waals surface area contributed by atoms with E-state index in [1.54, 1.807) is 0 Å². The van der Waals surface area contributed by atoms with Crippen LogP contribution >= 0.6 is 0 Å². The predicted molar refractivity (Wildman–Crippen MR) is 105 cm³/mol. The number of furan rings is 1. The third-order valence-corrected chi connectivity index (χ3v) is 5.35. The van der Waals surface area contributed by atoms with Crippen LogP contribution in [0.3, 0.4) is 0 Å². The third-order valence-electron chi connectivity index (χ3n) is 5.35. The van der Waals surface area contributed by atoms with E-state index in [1.807, 2.05) is 18.3 Å². The molecule has 2 heterocycles. The summed E-state index contributed by atoms with van der Waals surface area (Å²) in [4.78, 5) is 0. The molecule has 2 N–H and O–H groups in total. The molecule has 0 saturated heterocycles. The van der Waals surface area contributed by atoms with Gasteiger partial charge in [0, 0.05) is 17.3 Å². The van der Waals surface area contributed by atoms with E-state index in [0.717, 1.165) is 24.3 Å². The number of aliphatic hydroxyl groups is 1. The van der Waals surface area contributed by atoms with E-state index < -0.39 is 0 Å². The van der Waals surface area contributed by atoms with E-state index in [4.69, 9.17) is 14.6 Å². The lowest BCUT2D eigenvalue weighted by atomic mass is 9.74. The van der Waals surface area contributed by atoms with Gasteiger partial charge in [-0.1, -0.05) is 31.5 Å². The fourth-order valence-electron chi connectivity index (χ4n) is 3.96. The number of aliphatic hydroxyl groups excluding tert-OH is 1. The monoisotopic (exact) mass is 365 g/mol. The molecule has 0 saturated carbocycles. The zero-order chi connectivity index (χ0) is 19.0. The fraction of sp³-hybridized carbons (Fsp3) is 0.409. The van der Waals surface area contributed by atoms with Crippen LogP contribution in [0.2, 0.25) is 0 Å². The standard InChI is InChI=1S/C22H27N3O2/c1-15-4-6-16(7-5-15)25-21-11-22(2,3)10-20(19(21)13-24-25)23-12-17-8-9-18(14-26)27-17/h4-9,13,20,23,26H,10-12,14H2,1-3H3. The molecule has 0 bridgehead atoms. The van der Waals surface area contributed by atoms with Crippen molar-refractivity contribution >= 4 is 0 Å². The van der Waals surface area contributed by atoms with E-state index in [9.17, 15) is 0 Å². The second-order valence-corrected chi connectivity index (χ2v) is 8.30. The molecular weight excluding hydrogens is 338 g/mol. The van der Waals surface area contributed by atoms with Crippen LogP contribution in [-0.4, -0.2) is 14.9 Å². The maximum atomic E-state index is 9.17. The lowest BCUT2D eigenvalue weighted by Gasteiger charge is -2.36. The number of fused-ring (bicyclic) bond motifs is 1. The van der Waals surface area contributed by atoms with Crippen molar-refractivity contribution in [1.29, 1.82) is 0 Å². The Kier molecular flexibility index (Phi) is 4.66. The number of hydrogen-bond donors (Lipinski definition) is 2. The van der Waals surface area contributed by atoms with Gasteiger partial charge in [-0.15, -0.1) is 0 Å². The molecule has 0 fully saturated rings. The van der Waals surface area contributed by atoms with E-state index in [-0.39, 0.29) is 18.1 Å². The van der Waals surface area contributed by atoms with Gasteiger partial charge >= 0.3 is 0 Å². The van der Waals surface area contributed by atoms with Crippen molar-refractivity contribution in [3.63, 3.8) is 0 Å². The Morgan fingerprint density at radius 2 is 1.93 bits per heavy atom. The Labute approximate surface area is 160 Å². The molecule has 5 heteroatoms. The first-order valence-electron chi connectivity index (χ1n) is 9.51. The third kappa shape index (κ3) is 3.70. The SMILES string of the molecule is Cc1ccc(-n2ncc3c2CC(C)(C)CC3NCc2ccc(CO)o2)cc1. The highest BCUT2D eigenvalue weighted by Crippen LogP contribution is 2.41. The molecular formula is C22H27N3O2. The highest BCUT2D eigenvalue weighted by molar-refractivity contribution is 5.39. The Bertz CT molecular complexity index is 921. The maximum absolute atomic E-state index is 9.17. The zero-order valence-electron chi connectivity index (χ0n) is 16.2. The minimum Gasteiger partial charge on any atom is -0.462 e. The van der Waals surface area contributed by atoms with Crippen LogP contribution in [0.4, 0.5) is 0 Å². The van der Waals surface area contributed by atoms with Gasteiger partial charge < -0.3 is 14.8 Å². The molecule has 3 aromatic rings. The molecule has 0 radical (unpaired) electrons. The molecule has 0 aliphatic heterocycles. The second kappa shape index (κ2) is 6.98. The largest absolute Gasteiger partial charge is 0.462 e. The van der Waals surface area contributed by atoms with Crippen molar-refractivity contribution in [1.82, 2.24) is 15.1 Å². The average Bonchev–Trinajstić information content (AvgIpc) is 3.26. The van der Waals surface area contributed by atoms with Crippen molar-refractivity contribution in [3.8, 4) is 5.69 Å². The topological polar surface area (TPSA) is 63.2 Å². The van der Waals surface area contributed by atoms with E-state index in [2.05, 4.69) is 55.0 Å². The number of benzene rings is 1. The molecule has 27 heavy (non-hydrogen) atoms. The van der Waals surface area contributed by atoms with E-state index in [0.29, 0.717) is 12.3 Å². The summed E-state index contributed by atoms with van der Waals surface area (Å²) in [6, 6.07) is 12.5. The van der Waals surface area contributed by atoms with Crippen LogP contribution < -0.4 is 5.32 Å². The fourth-order valence-corrected chi connectivity index (χ4v) is 3.96. The maximum Gasteiger partial charge on any atom is 0.129 e. The molecule has 1 aliphatic rings. The van der Waals surface area contributed by atoms with E-state index in [1.165, 1.54) is 16.8 Å². The molecule has 0 spiro atoms. The molecule has 142 valence electrons. The quantitative estimate of drug-likeness (QED) is 0.715. The van der Waals surface area contributed by atoms with Gasteiger partial charge in [0.05, 0.1) is 18.4 Å². The summed E-state index contributed by atoms with van der Waals surface area (Å²) < 4.78 is 7.70. The summed E-state index contributed by atoms with van der Waals surface area (Å²) in [6.45, 7) is 7.30. The van der Waals surface area contributed by atoms with Gasteiger partial charge in [-0.3, -0.25) is 0 Å². The first kappa shape index (κ1) is 18.0. The summed E-state index contributed by atoms with van der Waals surface area (Å²) >= 11 is 0. The molecule has 1 atom stereocenters. The summed E-state index contributed by atoms with van der Waals surface area (Å²) in [7, 11) is 0. The van der Waals surface area contributed by atoms with Crippen LogP contribution in [0.5, 0.6) is 0 Å². The highest BCUT2D eigenvalue weighted by Gasteiger charge is 2.35. The van der Waals surface area contributed by atoms with Gasteiger partial charge in [0.15, 0.2) is 0 Å². The predicted octanol–water partition coefficient (Wildman–Crippen LogP) is 4.07. The number of hydrogen-bond acceptors (Lipinski definition) is 4. The number of aromatic nitrogens is 2. The van der Waals surface area contributed by atoms with Crippen molar-refractivity contribution in [2.75, 3.05) is 0 Å². The zero-order valence-corrected chi connectivity index (χ0v) is 16.2. The first-order chi connectivity index (χ1) is 12.9. The van der Waals surface area contributed by atoms with Gasteiger partial charge in [0.25, 0.3) is 0 Å². The summed E-state index contributed by atoms with van der Waals surface area (Å²) in [5.41, 5.74) is 5.09. The van der Waals surface area contributed by atoms with Crippen LogP contribution in [0.15, 0.2) is 47.0 Å². The van der Waals surface area contributed by atoms with Gasteiger partial charge in [-0.2, -0.15) is 5.10 Å². The van der Waals surface area contributed by atoms with Crippen LogP contribution in [0.1, 0.15) is 54.7 Å². The molecule has 0 amide bonds. The average molecular weight is 365 g/mol. The second-order valence-electron chi connectivity index (χ2n) is 8.30. The van der Waals surface area contributed by atoms with Crippen molar-refractivity contribution in [3.05, 3.63) is 70.9 Å². The molecule has 1 aromatic carbocycles. The lowest BCUT2D eigenvalue weighted by molar-refractivity contribution is 0.235. The molecule has 4 rings (SSSR count). The lowest BCUT2D eigenvalue weighted by Crippen LogP contribution is -2.33. The van der Waals surface area contributed by atoms with Crippen molar-refractivity contribution < 1.29 is 9.52 Å². The number of nitrogens with one attached hydrogen (secondary N) is 1. The minimum atomic E-state index is -0.0655. The highest BCUT2D eigenvalue weighted by atomic mass is 16.4. The Morgan fingerprint density at radius 3 is 2.63 bits per heavy atom. The number of aryl methyl sites for hydroxylation is 1. The van der Waals surface area contributed by atoms with Crippen molar-refractivity contribution in [2.45, 2.75) is 52.8 Å². The minimum absolute atomic E-state index is 0.0655. The first-order valence-corrected chi connectivity index (χ1v) is 9.51. The Balaban J connectivity index is 1.60. The number of rotatable bonds is 5. The summed E-state index contributed by atoms with van der Waals surface area (Å²) in [5, 5.41) is 17.5. The summed E-state index contributed by atoms with van der Waals surface area (Å²) in [5.74, 6) is 1.44. The normalized spacial score (nSPS) is 18.4. The van der Waals surface area contributed by atoms with Crippen LogP contribution in [0.25, 0.3) is 5.69 Å².